The van der Waals surface area contributed by atoms with Gasteiger partial charge in [0.25, 0.3) is 0 Å². The summed E-state index contributed by atoms with van der Waals surface area (Å²) in [5.41, 5.74) is 4.68. The van der Waals surface area contributed by atoms with Gasteiger partial charge in [-0.1, -0.05) is 78.3 Å². The van der Waals surface area contributed by atoms with E-state index in [-0.39, 0.29) is 5.97 Å². The molecule has 43 heavy (non-hydrogen) atoms. The van der Waals surface area contributed by atoms with Crippen LogP contribution < -0.4 is 4.74 Å². The van der Waals surface area contributed by atoms with Crippen LogP contribution in [0.15, 0.2) is 29.8 Å². The lowest BCUT2D eigenvalue weighted by atomic mass is 9.47. The molecule has 0 unspecified atom stereocenters. The Labute approximate surface area is 262 Å². The van der Waals surface area contributed by atoms with E-state index in [1.807, 2.05) is 6.92 Å². The van der Waals surface area contributed by atoms with Gasteiger partial charge in [-0.05, 0) is 128 Å². The van der Waals surface area contributed by atoms with Gasteiger partial charge in [-0.25, -0.2) is 0 Å². The number of benzene rings is 1. The molecule has 4 nitrogen and oxygen atoms in total. The standard InChI is InChI=1S/C39H60O4/c1-9-41-24-42-29-19-21-38(7)28(23-29)14-15-32-34-17-16-33(39(34,8)22-20-35(32)38)27(6)13-18-36(40)43-37-30(25(2)3)11-10-12-31(37)26(4)5/h10-12,14,25-27,29,32-35H,9,13,15-24H2,1-8H3/t27-,29+,32+,33-,34+,35+,38+,39-/m1/s1. The summed E-state index contributed by atoms with van der Waals surface area (Å²) >= 11 is 0. The highest BCUT2D eigenvalue weighted by atomic mass is 16.7. The highest BCUT2D eigenvalue weighted by Crippen LogP contribution is 2.67. The minimum atomic E-state index is -0.0658. The third-order valence-electron chi connectivity index (χ3n) is 12.7. The van der Waals surface area contributed by atoms with Crippen LogP contribution in [0.25, 0.3) is 0 Å². The molecule has 5 rings (SSSR count). The Balaban J connectivity index is 1.21. The fourth-order valence-electron chi connectivity index (χ4n) is 10.3. The van der Waals surface area contributed by atoms with Gasteiger partial charge in [0.1, 0.15) is 12.5 Å². The lowest BCUT2D eigenvalue weighted by Crippen LogP contribution is -2.51. The van der Waals surface area contributed by atoms with Crippen LogP contribution in [0.1, 0.15) is 143 Å². The Morgan fingerprint density at radius 2 is 1.67 bits per heavy atom. The van der Waals surface area contributed by atoms with Gasteiger partial charge in [0.05, 0.1) is 6.10 Å². The summed E-state index contributed by atoms with van der Waals surface area (Å²) in [5.74, 6) is 5.03. The molecule has 0 aliphatic heterocycles. The first-order valence-electron chi connectivity index (χ1n) is 17.7. The third-order valence-corrected chi connectivity index (χ3v) is 12.7. The van der Waals surface area contributed by atoms with Crippen molar-refractivity contribution >= 4 is 5.97 Å². The number of carbonyl (C=O) groups is 1. The number of fused-ring (bicyclic) bond motifs is 5. The molecule has 0 amide bonds. The monoisotopic (exact) mass is 592 g/mol. The maximum absolute atomic E-state index is 13.3. The quantitative estimate of drug-likeness (QED) is 0.0843. The molecule has 0 heterocycles. The van der Waals surface area contributed by atoms with Gasteiger partial charge in [-0.15, -0.1) is 0 Å². The number of esters is 1. The molecule has 0 bridgehead atoms. The van der Waals surface area contributed by atoms with Crippen molar-refractivity contribution in [3.8, 4) is 5.75 Å². The van der Waals surface area contributed by atoms with Crippen molar-refractivity contribution in [2.45, 2.75) is 138 Å². The molecule has 240 valence electrons. The summed E-state index contributed by atoms with van der Waals surface area (Å²) in [4.78, 5) is 13.3. The number of allylic oxidation sites excluding steroid dienone is 1. The lowest BCUT2D eigenvalue weighted by molar-refractivity contribution is -0.135. The van der Waals surface area contributed by atoms with E-state index in [0.717, 1.165) is 53.9 Å². The average molecular weight is 593 g/mol. The smallest absolute Gasteiger partial charge is 0.311 e. The van der Waals surface area contributed by atoms with Crippen molar-refractivity contribution in [1.29, 1.82) is 0 Å². The molecule has 4 heteroatoms. The van der Waals surface area contributed by atoms with E-state index in [9.17, 15) is 4.79 Å². The maximum atomic E-state index is 13.3. The van der Waals surface area contributed by atoms with E-state index in [1.54, 1.807) is 5.57 Å². The molecule has 3 fully saturated rings. The molecular formula is C39H60O4. The zero-order chi connectivity index (χ0) is 30.9. The molecule has 4 aliphatic carbocycles. The summed E-state index contributed by atoms with van der Waals surface area (Å²) < 4.78 is 17.7. The minimum Gasteiger partial charge on any atom is -0.426 e. The van der Waals surface area contributed by atoms with Crippen LogP contribution in [-0.2, 0) is 14.3 Å². The molecule has 0 saturated heterocycles. The summed E-state index contributed by atoms with van der Waals surface area (Å²) in [6, 6.07) is 6.33. The van der Waals surface area contributed by atoms with Crippen LogP contribution in [-0.4, -0.2) is 25.5 Å². The van der Waals surface area contributed by atoms with Gasteiger partial charge in [-0.3, -0.25) is 4.79 Å². The summed E-state index contributed by atoms with van der Waals surface area (Å²) in [6.07, 6.45) is 14.5. The van der Waals surface area contributed by atoms with Crippen molar-refractivity contribution in [1.82, 2.24) is 0 Å². The second-order valence-electron chi connectivity index (χ2n) is 15.7. The molecular weight excluding hydrogens is 532 g/mol. The SMILES string of the molecule is CCOCO[C@H]1CC[C@@]2(C)C(=CC[C@H]3[C@@H]4CC[C@H]([C@H](C)CCC(=O)Oc5c(C(C)C)cccc5C(C)C)[C@@]4(C)CC[C@@H]32)C1. The van der Waals surface area contributed by atoms with Gasteiger partial charge in [0.2, 0.25) is 0 Å². The Morgan fingerprint density at radius 1 is 0.953 bits per heavy atom. The summed E-state index contributed by atoms with van der Waals surface area (Å²) in [5, 5.41) is 0. The normalized spacial score (nSPS) is 34.4. The minimum absolute atomic E-state index is 0.0658. The molecule has 4 aliphatic rings. The molecule has 1 aromatic rings. The van der Waals surface area contributed by atoms with Crippen molar-refractivity contribution in [3.63, 3.8) is 0 Å². The number of hydrogen-bond acceptors (Lipinski definition) is 4. The second-order valence-corrected chi connectivity index (χ2v) is 15.7. The maximum Gasteiger partial charge on any atom is 0.311 e. The zero-order valence-electron chi connectivity index (χ0n) is 28.5. The van der Waals surface area contributed by atoms with Crippen LogP contribution in [0.5, 0.6) is 5.75 Å². The first-order valence-corrected chi connectivity index (χ1v) is 17.7. The topological polar surface area (TPSA) is 44.8 Å². The van der Waals surface area contributed by atoms with Crippen LogP contribution in [0.4, 0.5) is 0 Å². The van der Waals surface area contributed by atoms with Crippen molar-refractivity contribution < 1.29 is 19.0 Å². The van der Waals surface area contributed by atoms with Gasteiger partial charge in [0.15, 0.2) is 0 Å². The van der Waals surface area contributed by atoms with Crippen molar-refractivity contribution in [2.24, 2.45) is 40.4 Å². The zero-order valence-corrected chi connectivity index (χ0v) is 28.5. The Hall–Kier alpha value is -1.65. The van der Waals surface area contributed by atoms with Gasteiger partial charge < -0.3 is 14.2 Å². The number of rotatable bonds is 11. The van der Waals surface area contributed by atoms with Gasteiger partial charge in [-0.2, -0.15) is 0 Å². The Bertz CT molecular complexity index is 1130. The van der Waals surface area contributed by atoms with Gasteiger partial charge in [0, 0.05) is 13.0 Å². The number of hydrogen-bond donors (Lipinski definition) is 0. The fraction of sp³-hybridized carbons (Fsp3) is 0.769. The van der Waals surface area contributed by atoms with E-state index in [1.165, 1.54) is 38.5 Å². The largest absolute Gasteiger partial charge is 0.426 e. The van der Waals surface area contributed by atoms with Crippen LogP contribution in [0.2, 0.25) is 0 Å². The fourth-order valence-corrected chi connectivity index (χ4v) is 10.3. The molecule has 3 saturated carbocycles. The van der Waals surface area contributed by atoms with Crippen LogP contribution >= 0.6 is 0 Å². The lowest BCUT2D eigenvalue weighted by Gasteiger charge is -2.58. The van der Waals surface area contributed by atoms with E-state index < -0.39 is 0 Å². The number of para-hydroxylation sites is 1. The third kappa shape index (κ3) is 6.39. The molecule has 0 spiro atoms. The van der Waals surface area contributed by atoms with Crippen molar-refractivity contribution in [2.75, 3.05) is 13.4 Å². The molecule has 1 aromatic carbocycles. The average Bonchev–Trinajstić information content (AvgIpc) is 3.33. The molecule has 8 atom stereocenters. The van der Waals surface area contributed by atoms with Crippen LogP contribution in [0, 0.1) is 40.4 Å². The summed E-state index contributed by atoms with van der Waals surface area (Å²) in [7, 11) is 0. The summed E-state index contributed by atoms with van der Waals surface area (Å²) in [6.45, 7) is 19.5. The number of carbonyl (C=O) groups excluding carboxylic acids is 1. The predicted molar refractivity (Wildman–Crippen MR) is 175 cm³/mol. The molecule has 0 radical (unpaired) electrons. The van der Waals surface area contributed by atoms with Gasteiger partial charge >= 0.3 is 5.97 Å². The Morgan fingerprint density at radius 3 is 2.35 bits per heavy atom. The highest BCUT2D eigenvalue weighted by Gasteiger charge is 2.59. The van der Waals surface area contributed by atoms with Crippen molar-refractivity contribution in [3.05, 3.63) is 41.0 Å². The van der Waals surface area contributed by atoms with Crippen LogP contribution in [0.3, 0.4) is 0 Å². The van der Waals surface area contributed by atoms with E-state index in [4.69, 9.17) is 14.2 Å². The van der Waals surface area contributed by atoms with E-state index >= 15 is 0 Å². The Kier molecular flexibility index (Phi) is 10.2. The highest BCUT2D eigenvalue weighted by molar-refractivity contribution is 5.73. The first-order chi connectivity index (χ1) is 20.5. The predicted octanol–water partition coefficient (Wildman–Crippen LogP) is 10.2. The van der Waals surface area contributed by atoms with E-state index in [2.05, 4.69) is 72.7 Å². The molecule has 0 aromatic heterocycles. The number of ether oxygens (including phenoxy) is 3. The molecule has 0 N–H and O–H groups in total. The first kappa shape index (κ1) is 32.7. The second kappa shape index (κ2) is 13.4. The van der Waals surface area contributed by atoms with E-state index in [0.29, 0.717) is 60.4 Å².